The number of Topliss-reactive ketones (excluding diaryl/α,β-unsaturated/α-hetero) is 3. The fourth-order valence-electron chi connectivity index (χ4n) is 12.9. The van der Waals surface area contributed by atoms with Crippen LogP contribution in [0.1, 0.15) is 82.0 Å². The Labute approximate surface area is 652 Å². The topological polar surface area (TPSA) is 225 Å². The Hall–Kier alpha value is -12.1. The van der Waals surface area contributed by atoms with E-state index in [9.17, 15) is 28.8 Å². The molecule has 0 saturated heterocycles. The third-order valence-corrected chi connectivity index (χ3v) is 18.9. The molecule has 0 fully saturated rings. The molecule has 20 heteroatoms. The van der Waals surface area contributed by atoms with Crippen LogP contribution >= 0.6 is 0 Å². The van der Waals surface area contributed by atoms with Crippen LogP contribution in [0.3, 0.4) is 0 Å². The second-order valence-corrected chi connectivity index (χ2v) is 28.2. The number of ketones is 3. The van der Waals surface area contributed by atoms with E-state index in [0.29, 0.717) is 116 Å². The summed E-state index contributed by atoms with van der Waals surface area (Å²) < 4.78 is 62.3. The van der Waals surface area contributed by atoms with Gasteiger partial charge in [0.25, 0.3) is 0 Å². The van der Waals surface area contributed by atoms with Gasteiger partial charge in [-0.05, 0) is 203 Å². The highest BCUT2D eigenvalue weighted by Crippen LogP contribution is 2.40. The van der Waals surface area contributed by atoms with E-state index < -0.39 is 16.9 Å². The quantitative estimate of drug-likeness (QED) is 0.0232. The van der Waals surface area contributed by atoms with Crippen molar-refractivity contribution < 1.29 is 65.5 Å². The van der Waals surface area contributed by atoms with E-state index in [2.05, 4.69) is 4.90 Å². The molecule has 0 saturated carbocycles. The number of carbonyl (C=O) groups excluding carboxylic acids is 3. The van der Waals surface area contributed by atoms with Crippen LogP contribution in [-0.2, 0) is 19.3 Å². The van der Waals surface area contributed by atoms with Crippen LogP contribution in [0.25, 0.3) is 66.3 Å². The van der Waals surface area contributed by atoms with Crippen LogP contribution in [0, 0.1) is 34.6 Å². The number of hydrogen-bond acceptors (Lipinski definition) is 20. The Morgan fingerprint density at radius 3 is 1.10 bits per heavy atom. The standard InChI is InChI=1S/C31H33NO6.C31H33NO5.C30H31NO6/c1-19-8-7-9-21(14-19)25-16-22(10-11-27(25)35-5)26(33)17-24-15-23-18-28(36-6)30(37-13-12-32(3)4)20(2)29(23)38-31(24)34;1-20-8-6-9-22(16-20)26-18-23(10-13-29(26)35-5)27(33)19-25-17-24-11-12-28(36-15-7-14-32(3)4)21(2)30(24)37-31(25)34;1-19-7-6-8-20(15-19)24-17-21(9-11-26(24)34-4)25(32)18-23-16-22-10-12-27(36-14-13-31(2)3)29(35-5)28(22)37-30(23)33/h7-11,14-16,18H,12-13,17H2,1-6H3;6,8-13,16-18H,7,14-15,19H2,1-5H3;6-12,15-17H,13-14,18H2,1-5H3. The van der Waals surface area contributed by atoms with Crippen molar-refractivity contribution in [1.82, 2.24) is 14.7 Å². The van der Waals surface area contributed by atoms with Gasteiger partial charge >= 0.3 is 16.9 Å². The molecule has 0 bridgehead atoms. The molecule has 0 aliphatic heterocycles. The molecular weight excluding hydrogens is 1420 g/mol. The van der Waals surface area contributed by atoms with Crippen molar-refractivity contribution in [3.05, 3.63) is 268 Å². The Balaban J connectivity index is 0.000000178. The summed E-state index contributed by atoms with van der Waals surface area (Å²) in [6, 6.07) is 54.2. The number of hydrogen-bond donors (Lipinski definition) is 0. The Kier molecular flexibility index (Phi) is 28.0. The zero-order chi connectivity index (χ0) is 80.4. The first-order valence-electron chi connectivity index (χ1n) is 36.8. The first kappa shape index (κ1) is 82.4. The summed E-state index contributed by atoms with van der Waals surface area (Å²) in [5, 5.41) is 2.07. The molecule has 12 rings (SSSR count). The van der Waals surface area contributed by atoms with Gasteiger partial charge in [0.1, 0.15) is 47.4 Å². The van der Waals surface area contributed by atoms with Crippen molar-refractivity contribution in [2.75, 3.05) is 117 Å². The van der Waals surface area contributed by atoms with E-state index in [-0.39, 0.29) is 53.3 Å². The zero-order valence-corrected chi connectivity index (χ0v) is 66.6. The van der Waals surface area contributed by atoms with Gasteiger partial charge in [-0.3, -0.25) is 14.4 Å². The van der Waals surface area contributed by atoms with Crippen molar-refractivity contribution in [2.24, 2.45) is 0 Å². The molecular formula is C92H97N3O17. The average molecular weight is 1520 g/mol. The molecule has 0 atom stereocenters. The molecule has 3 aromatic heterocycles. The summed E-state index contributed by atoms with van der Waals surface area (Å²) in [4.78, 5) is 84.5. The number of ether oxygens (including phenoxy) is 8. The Bertz CT molecular complexity index is 5590. The summed E-state index contributed by atoms with van der Waals surface area (Å²) in [6.07, 6.45) is 0.647. The van der Waals surface area contributed by atoms with Crippen LogP contribution in [0.2, 0.25) is 0 Å². The number of nitrogens with zero attached hydrogens (tertiary/aromatic N) is 3. The highest BCUT2D eigenvalue weighted by Gasteiger charge is 2.24. The van der Waals surface area contributed by atoms with Crippen molar-refractivity contribution in [3.63, 3.8) is 0 Å². The van der Waals surface area contributed by atoms with Crippen LogP contribution in [0.5, 0.6) is 46.0 Å². The number of methoxy groups -OCH3 is 5. The second-order valence-electron chi connectivity index (χ2n) is 28.2. The number of rotatable bonds is 30. The van der Waals surface area contributed by atoms with E-state index >= 15 is 0 Å². The highest BCUT2D eigenvalue weighted by atomic mass is 16.5. The SMILES string of the molecule is COc1ccc(C(=O)Cc2cc3cc(OC)c(OCCN(C)C)c(C)c3oc2=O)cc1-c1cccc(C)c1.COc1ccc(C(=O)Cc2cc3ccc(OCCCN(C)C)c(C)c3oc2=O)cc1-c1cccc(C)c1.COc1ccc(C(=O)Cc2cc3ccc(OCCN(C)C)c(OC)c3oc2=O)cc1-c1cccc(C)c1. The van der Waals surface area contributed by atoms with Gasteiger partial charge in [-0.25, -0.2) is 14.4 Å². The Morgan fingerprint density at radius 1 is 0.330 bits per heavy atom. The van der Waals surface area contributed by atoms with Crippen LogP contribution in [-0.4, -0.2) is 149 Å². The fourth-order valence-corrected chi connectivity index (χ4v) is 12.9. The molecule has 9 aromatic carbocycles. The van der Waals surface area contributed by atoms with Gasteiger partial charge in [-0.1, -0.05) is 89.5 Å². The van der Waals surface area contributed by atoms with Crippen LogP contribution in [0.4, 0.5) is 0 Å². The minimum absolute atomic E-state index is 0.0559. The van der Waals surface area contributed by atoms with Gasteiger partial charge in [0.15, 0.2) is 40.2 Å². The van der Waals surface area contributed by atoms with Crippen molar-refractivity contribution in [3.8, 4) is 79.4 Å². The minimum atomic E-state index is -0.586. The van der Waals surface area contributed by atoms with Crippen molar-refractivity contribution in [1.29, 1.82) is 0 Å². The molecule has 582 valence electrons. The molecule has 0 aliphatic rings. The Morgan fingerprint density at radius 2 is 0.696 bits per heavy atom. The van der Waals surface area contributed by atoms with Crippen molar-refractivity contribution in [2.45, 2.75) is 60.3 Å². The zero-order valence-electron chi connectivity index (χ0n) is 66.6. The third kappa shape index (κ3) is 20.5. The third-order valence-electron chi connectivity index (χ3n) is 18.9. The van der Waals surface area contributed by atoms with E-state index in [4.69, 9.17) is 51.1 Å². The monoisotopic (exact) mass is 1520 g/mol. The molecule has 0 N–H and O–H groups in total. The van der Waals surface area contributed by atoms with Crippen LogP contribution in [0.15, 0.2) is 204 Å². The van der Waals surface area contributed by atoms with Gasteiger partial charge in [0.2, 0.25) is 5.75 Å². The number of carbonyl (C=O) groups is 3. The highest BCUT2D eigenvalue weighted by molar-refractivity contribution is 6.02. The van der Waals surface area contributed by atoms with Gasteiger partial charge in [0.05, 0.1) is 42.2 Å². The molecule has 0 amide bonds. The maximum atomic E-state index is 13.3. The number of likely N-dealkylation sites (N-methyl/N-ethyl adjacent to an activating group) is 2. The first-order valence-corrected chi connectivity index (χ1v) is 36.8. The average Bonchev–Trinajstić information content (AvgIpc) is 0.762. The summed E-state index contributed by atoms with van der Waals surface area (Å²) in [5.74, 6) is 4.08. The lowest BCUT2D eigenvalue weighted by atomic mass is 9.96. The van der Waals surface area contributed by atoms with Gasteiger partial charge < -0.3 is 65.8 Å². The van der Waals surface area contributed by atoms with Crippen LogP contribution < -0.4 is 54.8 Å². The summed E-state index contributed by atoms with van der Waals surface area (Å²) in [5.41, 5.74) is 12.0. The first-order chi connectivity index (χ1) is 53.8. The van der Waals surface area contributed by atoms with Gasteiger partial charge in [-0.2, -0.15) is 0 Å². The maximum Gasteiger partial charge on any atom is 0.340 e. The lowest BCUT2D eigenvalue weighted by molar-refractivity contribution is 0.0984. The lowest BCUT2D eigenvalue weighted by Crippen LogP contribution is -2.20. The number of fused-ring (bicyclic) bond motifs is 3. The molecule has 20 nitrogen and oxygen atoms in total. The minimum Gasteiger partial charge on any atom is -0.496 e. The molecule has 12 aromatic rings. The largest absolute Gasteiger partial charge is 0.496 e. The smallest absolute Gasteiger partial charge is 0.340 e. The summed E-state index contributed by atoms with van der Waals surface area (Å²) in [7, 11) is 19.8. The number of aryl methyl sites for hydroxylation is 5. The molecule has 3 heterocycles. The predicted molar refractivity (Wildman–Crippen MR) is 440 cm³/mol. The molecule has 0 radical (unpaired) electrons. The van der Waals surface area contributed by atoms with Crippen molar-refractivity contribution >= 4 is 50.3 Å². The summed E-state index contributed by atoms with van der Waals surface area (Å²) in [6.45, 7) is 13.6. The van der Waals surface area contributed by atoms with E-state index in [0.717, 1.165) is 87.1 Å². The normalized spacial score (nSPS) is 11.1. The summed E-state index contributed by atoms with van der Waals surface area (Å²) >= 11 is 0. The second kappa shape index (κ2) is 38.0. The molecule has 112 heavy (non-hydrogen) atoms. The van der Waals surface area contributed by atoms with E-state index in [1.807, 2.05) is 184 Å². The number of benzene rings is 9. The molecule has 0 aliphatic carbocycles. The maximum absolute atomic E-state index is 13.3. The van der Waals surface area contributed by atoms with E-state index in [1.54, 1.807) is 107 Å². The fraction of sp³-hybridized carbons (Fsp3) is 0.283. The van der Waals surface area contributed by atoms with Gasteiger partial charge in [-0.15, -0.1) is 0 Å². The molecule has 0 spiro atoms. The lowest BCUT2D eigenvalue weighted by Gasteiger charge is -2.16. The molecule has 0 unspecified atom stereocenters. The van der Waals surface area contributed by atoms with Gasteiger partial charge in [0, 0.05) is 116 Å². The predicted octanol–water partition coefficient (Wildman–Crippen LogP) is 16.5. The van der Waals surface area contributed by atoms with E-state index in [1.165, 1.54) is 7.11 Å².